The molecule has 3 rings (SSSR count). The van der Waals surface area contributed by atoms with Crippen molar-refractivity contribution in [3.8, 4) is 0 Å². The fourth-order valence-electron chi connectivity index (χ4n) is 3.45. The number of carbonyl (C=O) groups is 1. The van der Waals surface area contributed by atoms with Crippen LogP contribution in [0, 0.1) is 5.41 Å². The Morgan fingerprint density at radius 3 is 1.21 bits per heavy atom. The molecule has 0 fully saturated rings. The number of Topliss-reactive ketones (excluding diaryl/α,β-unsaturated/α-hetero) is 1. The van der Waals surface area contributed by atoms with Gasteiger partial charge in [-0.1, -0.05) is 81.9 Å². The molecule has 3 heteroatoms. The molecule has 3 aromatic rings. The van der Waals surface area contributed by atoms with Gasteiger partial charge in [0.15, 0.2) is 0 Å². The molecule has 0 aliphatic rings. The van der Waals surface area contributed by atoms with Crippen LogP contribution in [0.25, 0.3) is 0 Å². The normalized spacial score (nSPS) is 11.4. The summed E-state index contributed by atoms with van der Waals surface area (Å²) in [5.41, 5.74) is -0.485. The van der Waals surface area contributed by atoms with Crippen molar-refractivity contribution < 1.29 is 17.2 Å². The van der Waals surface area contributed by atoms with Crippen LogP contribution >= 0.6 is 7.26 Å². The molecular formula is C25H26ClOP. The number of ketones is 1. The Morgan fingerprint density at radius 2 is 0.964 bits per heavy atom. The molecule has 0 aliphatic heterocycles. The molecule has 0 atom stereocenters. The first-order chi connectivity index (χ1) is 12.9. The molecule has 28 heavy (non-hydrogen) atoms. The average molecular weight is 409 g/mol. The highest BCUT2D eigenvalue weighted by molar-refractivity contribution is 7.99. The van der Waals surface area contributed by atoms with Crippen molar-refractivity contribution in [3.63, 3.8) is 0 Å². The Hall–Kier alpha value is -2.21. The molecule has 0 bridgehead atoms. The van der Waals surface area contributed by atoms with E-state index in [1.165, 1.54) is 0 Å². The molecule has 0 radical (unpaired) electrons. The summed E-state index contributed by atoms with van der Waals surface area (Å²) in [5, 5.41) is 4.18. The van der Waals surface area contributed by atoms with Gasteiger partial charge in [0.2, 0.25) is 5.78 Å². The third kappa shape index (κ3) is 3.97. The maximum Gasteiger partial charge on any atom is 0.203 e. The van der Waals surface area contributed by atoms with E-state index in [4.69, 9.17) is 0 Å². The Balaban J connectivity index is 0.00000280. The average Bonchev–Trinajstić information content (AvgIpc) is 2.70. The lowest BCUT2D eigenvalue weighted by Gasteiger charge is -2.30. The highest BCUT2D eigenvalue weighted by Gasteiger charge is 2.52. The zero-order valence-corrected chi connectivity index (χ0v) is 18.3. The minimum Gasteiger partial charge on any atom is -1.00 e. The Kier molecular flexibility index (Phi) is 6.99. The quantitative estimate of drug-likeness (QED) is 0.467. The number of benzene rings is 3. The van der Waals surface area contributed by atoms with Crippen molar-refractivity contribution in [2.45, 2.75) is 20.8 Å². The Morgan fingerprint density at radius 1 is 0.679 bits per heavy atom. The summed E-state index contributed by atoms with van der Waals surface area (Å²) in [6.45, 7) is 10.3. The van der Waals surface area contributed by atoms with Gasteiger partial charge in [0.1, 0.15) is 28.5 Å². The zero-order chi connectivity index (χ0) is 19.5. The number of hydrogen-bond donors (Lipinski definition) is 0. The topological polar surface area (TPSA) is 17.1 Å². The van der Waals surface area contributed by atoms with Gasteiger partial charge in [-0.25, -0.2) is 0 Å². The maximum atomic E-state index is 13.5. The molecule has 0 N–H and O–H groups in total. The smallest absolute Gasteiger partial charge is 0.203 e. The summed E-state index contributed by atoms with van der Waals surface area (Å²) in [6, 6.07) is 31.1. The van der Waals surface area contributed by atoms with Crippen LogP contribution in [-0.2, 0) is 4.79 Å². The monoisotopic (exact) mass is 408 g/mol. The first kappa shape index (κ1) is 22.1. The molecule has 144 valence electrons. The van der Waals surface area contributed by atoms with Gasteiger partial charge < -0.3 is 12.4 Å². The van der Waals surface area contributed by atoms with Crippen molar-refractivity contribution in [2.75, 3.05) is 0 Å². The highest BCUT2D eigenvalue weighted by Crippen LogP contribution is 2.63. The summed E-state index contributed by atoms with van der Waals surface area (Å²) in [4.78, 5) is 13.5. The summed E-state index contributed by atoms with van der Waals surface area (Å²) < 4.78 is 0. The molecule has 0 spiro atoms. The minimum atomic E-state index is -2.34. The summed E-state index contributed by atoms with van der Waals surface area (Å²) >= 11 is 0. The first-order valence-corrected chi connectivity index (χ1v) is 11.0. The molecule has 0 aliphatic carbocycles. The van der Waals surface area contributed by atoms with Crippen molar-refractivity contribution in [1.82, 2.24) is 0 Å². The fourth-order valence-corrected chi connectivity index (χ4v) is 7.78. The van der Waals surface area contributed by atoms with Gasteiger partial charge in [0.05, 0.1) is 0 Å². The van der Waals surface area contributed by atoms with E-state index in [9.17, 15) is 4.79 Å². The Labute approximate surface area is 175 Å². The second-order valence-electron chi connectivity index (χ2n) is 7.70. The van der Waals surface area contributed by atoms with Gasteiger partial charge in [-0.2, -0.15) is 0 Å². The van der Waals surface area contributed by atoms with Gasteiger partial charge in [0.25, 0.3) is 0 Å². The second-order valence-corrected chi connectivity index (χ2v) is 11.1. The van der Waals surface area contributed by atoms with Crippen LogP contribution in [0.4, 0.5) is 0 Å². The van der Waals surface area contributed by atoms with Crippen LogP contribution in [0.2, 0.25) is 0 Å². The van der Waals surface area contributed by atoms with Gasteiger partial charge in [0, 0.05) is 5.41 Å². The van der Waals surface area contributed by atoms with E-state index in [-0.39, 0.29) is 18.2 Å². The van der Waals surface area contributed by atoms with Crippen LogP contribution in [0.15, 0.2) is 103 Å². The van der Waals surface area contributed by atoms with E-state index < -0.39 is 12.7 Å². The van der Waals surface area contributed by atoms with Crippen LogP contribution in [0.1, 0.15) is 20.8 Å². The van der Waals surface area contributed by atoms with Crippen LogP contribution in [0.5, 0.6) is 0 Å². The third-order valence-electron chi connectivity index (χ3n) is 4.78. The van der Waals surface area contributed by atoms with Gasteiger partial charge >= 0.3 is 0 Å². The summed E-state index contributed by atoms with van der Waals surface area (Å²) in [7, 11) is -2.34. The van der Waals surface area contributed by atoms with Crippen LogP contribution in [0.3, 0.4) is 0 Å². The van der Waals surface area contributed by atoms with Crippen LogP contribution < -0.4 is 28.3 Å². The largest absolute Gasteiger partial charge is 1.00 e. The van der Waals surface area contributed by atoms with Gasteiger partial charge in [-0.05, 0) is 36.4 Å². The van der Waals surface area contributed by atoms with Crippen molar-refractivity contribution >= 4 is 29.0 Å². The predicted octanol–water partition coefficient (Wildman–Crippen LogP) is 2.11. The molecule has 0 unspecified atom stereocenters. The van der Waals surface area contributed by atoms with E-state index in [0.717, 1.165) is 15.9 Å². The summed E-state index contributed by atoms with van der Waals surface area (Å²) in [5.74, 6) is 0.118. The molecule has 3 aromatic carbocycles. The molecule has 0 saturated carbocycles. The van der Waals surface area contributed by atoms with E-state index in [1.807, 2.05) is 75.4 Å². The number of allylic oxidation sites excluding steroid dienone is 1. The van der Waals surface area contributed by atoms with Crippen molar-refractivity contribution in [3.05, 3.63) is 103 Å². The number of hydrogen-bond acceptors (Lipinski definition) is 1. The molecule has 0 saturated heterocycles. The molecule has 0 heterocycles. The number of rotatable bonds is 5. The lowest BCUT2D eigenvalue weighted by molar-refractivity contribution is -0.121. The highest BCUT2D eigenvalue weighted by atomic mass is 35.5. The zero-order valence-electron chi connectivity index (χ0n) is 16.6. The number of carbonyl (C=O) groups excluding carboxylic acids is 1. The van der Waals surface area contributed by atoms with Crippen LogP contribution in [-0.4, -0.2) is 5.78 Å². The lowest BCUT2D eigenvalue weighted by Crippen LogP contribution is -3.00. The minimum absolute atomic E-state index is 0. The summed E-state index contributed by atoms with van der Waals surface area (Å²) in [6.07, 6.45) is 0. The molecular weight excluding hydrogens is 383 g/mol. The first-order valence-electron chi connectivity index (χ1n) is 9.18. The molecule has 0 amide bonds. The van der Waals surface area contributed by atoms with Gasteiger partial charge in [-0.15, -0.1) is 0 Å². The van der Waals surface area contributed by atoms with E-state index in [2.05, 4.69) is 43.0 Å². The van der Waals surface area contributed by atoms with Gasteiger partial charge in [-0.3, -0.25) is 4.79 Å². The predicted molar refractivity (Wildman–Crippen MR) is 119 cm³/mol. The van der Waals surface area contributed by atoms with E-state index in [0.29, 0.717) is 5.31 Å². The van der Waals surface area contributed by atoms with E-state index in [1.54, 1.807) is 0 Å². The standard InChI is InChI=1S/C25H26OP.ClH/c1-20(24(26)25(2,3)4)27(21-14-8-5-9-15-21,22-16-10-6-11-17-22)23-18-12-7-13-19-23;/h5-19H,1H2,2-4H3;1H/q+1;/p-1. The van der Waals surface area contributed by atoms with Crippen molar-refractivity contribution in [2.24, 2.45) is 5.41 Å². The third-order valence-corrected chi connectivity index (χ3v) is 9.01. The maximum absolute atomic E-state index is 13.5. The molecule has 1 nitrogen and oxygen atoms in total. The lowest BCUT2D eigenvalue weighted by atomic mass is 9.91. The SMILES string of the molecule is C=C(C(=O)C(C)(C)C)[P+](c1ccccc1)(c1ccccc1)c1ccccc1.[Cl-]. The second kappa shape index (κ2) is 8.86. The van der Waals surface area contributed by atoms with E-state index >= 15 is 0 Å². The molecule has 0 aromatic heterocycles. The number of halogens is 1. The van der Waals surface area contributed by atoms with Crippen molar-refractivity contribution in [1.29, 1.82) is 0 Å². The fraction of sp³-hybridized carbons (Fsp3) is 0.160. The Bertz CT molecular complexity index is 832.